The Morgan fingerprint density at radius 2 is 1.53 bits per heavy atom. The number of aromatic nitrogens is 1. The molecule has 0 radical (unpaired) electrons. The summed E-state index contributed by atoms with van der Waals surface area (Å²) in [5.41, 5.74) is 3.28. The fourth-order valence-corrected chi connectivity index (χ4v) is 4.43. The van der Waals surface area contributed by atoms with Gasteiger partial charge < -0.3 is 20.3 Å². The first kappa shape index (κ1) is 27.0. The summed E-state index contributed by atoms with van der Waals surface area (Å²) in [6.07, 6.45) is 1.51. The number of anilines is 1. The predicted octanol–water partition coefficient (Wildman–Crippen LogP) is 5.32. The van der Waals surface area contributed by atoms with E-state index < -0.39 is 11.3 Å². The van der Waals surface area contributed by atoms with Crippen molar-refractivity contribution in [2.24, 2.45) is 5.92 Å². The lowest BCUT2D eigenvalue weighted by molar-refractivity contribution is 0.0948. The van der Waals surface area contributed by atoms with Crippen LogP contribution in [0.25, 0.3) is 10.9 Å². The number of nitrogens with zero attached hydrogens (tertiary/aromatic N) is 1. The molecular formula is C30H31F2N3O3. The van der Waals surface area contributed by atoms with Crippen molar-refractivity contribution in [3.63, 3.8) is 0 Å². The average Bonchev–Trinajstić information content (AvgIpc) is 2.89. The summed E-state index contributed by atoms with van der Waals surface area (Å²) in [6.45, 7) is 6.21. The minimum atomic E-state index is -0.559. The second-order valence-corrected chi connectivity index (χ2v) is 9.75. The highest BCUT2D eigenvalue weighted by atomic mass is 19.1. The zero-order chi connectivity index (χ0) is 27.4. The number of carbonyl (C=O) groups is 1. The molecular weight excluding hydrogens is 488 g/mol. The Morgan fingerprint density at radius 1 is 0.947 bits per heavy atom. The molecule has 198 valence electrons. The van der Waals surface area contributed by atoms with Crippen molar-refractivity contribution in [2.45, 2.75) is 39.9 Å². The number of halogens is 2. The fourth-order valence-electron chi connectivity index (χ4n) is 4.43. The Hall–Kier alpha value is -4.04. The van der Waals surface area contributed by atoms with E-state index in [1.165, 1.54) is 30.5 Å². The highest BCUT2D eigenvalue weighted by Gasteiger charge is 2.22. The Kier molecular flexibility index (Phi) is 8.22. The van der Waals surface area contributed by atoms with Gasteiger partial charge >= 0.3 is 0 Å². The molecule has 0 bridgehead atoms. The molecule has 1 amide bonds. The number of aryl methyl sites for hydroxylation is 1. The molecule has 4 aromatic rings. The molecule has 0 unspecified atom stereocenters. The van der Waals surface area contributed by atoms with Gasteiger partial charge in [-0.3, -0.25) is 9.59 Å². The van der Waals surface area contributed by atoms with Gasteiger partial charge in [-0.05, 0) is 65.9 Å². The summed E-state index contributed by atoms with van der Waals surface area (Å²) in [7, 11) is 0. The van der Waals surface area contributed by atoms with Crippen LogP contribution in [0.15, 0.2) is 71.7 Å². The Balaban J connectivity index is 1.74. The molecule has 3 aromatic carbocycles. The van der Waals surface area contributed by atoms with E-state index in [0.717, 1.165) is 11.1 Å². The van der Waals surface area contributed by atoms with Crippen LogP contribution in [-0.2, 0) is 13.1 Å². The zero-order valence-corrected chi connectivity index (χ0v) is 21.6. The van der Waals surface area contributed by atoms with E-state index in [1.807, 2.05) is 26.8 Å². The van der Waals surface area contributed by atoms with E-state index in [9.17, 15) is 23.5 Å². The molecule has 0 fully saturated rings. The van der Waals surface area contributed by atoms with Crippen LogP contribution in [0.1, 0.15) is 46.9 Å². The maximum absolute atomic E-state index is 13.6. The Bertz CT molecular complexity index is 1500. The van der Waals surface area contributed by atoms with Crippen LogP contribution in [0.5, 0.6) is 0 Å². The number of aliphatic hydroxyl groups is 1. The predicted molar refractivity (Wildman–Crippen MR) is 145 cm³/mol. The van der Waals surface area contributed by atoms with Gasteiger partial charge in [0.1, 0.15) is 17.2 Å². The summed E-state index contributed by atoms with van der Waals surface area (Å²) in [5.74, 6) is -1.22. The molecule has 0 aliphatic rings. The largest absolute Gasteiger partial charge is 0.394 e. The van der Waals surface area contributed by atoms with Crippen LogP contribution in [-0.4, -0.2) is 22.2 Å². The quantitative estimate of drug-likeness (QED) is 0.280. The summed E-state index contributed by atoms with van der Waals surface area (Å²) in [5, 5.41) is 16.6. The highest BCUT2D eigenvalue weighted by molar-refractivity contribution is 5.98. The van der Waals surface area contributed by atoms with Gasteiger partial charge in [-0.1, -0.05) is 38.1 Å². The molecule has 8 heteroatoms. The smallest absolute Gasteiger partial charge is 0.257 e. The lowest BCUT2D eigenvalue weighted by atomic mass is 10.0. The molecule has 38 heavy (non-hydrogen) atoms. The van der Waals surface area contributed by atoms with Gasteiger partial charge in [0.2, 0.25) is 5.43 Å². The monoisotopic (exact) mass is 519 g/mol. The fraction of sp³-hybridized carbons (Fsp3) is 0.267. The first-order chi connectivity index (χ1) is 18.2. The number of carbonyl (C=O) groups excluding carboxylic acids is 1. The number of benzene rings is 3. The van der Waals surface area contributed by atoms with E-state index in [1.54, 1.807) is 34.9 Å². The molecule has 1 heterocycles. The number of pyridine rings is 1. The van der Waals surface area contributed by atoms with Crippen molar-refractivity contribution in [3.8, 4) is 0 Å². The van der Waals surface area contributed by atoms with Gasteiger partial charge in [-0.25, -0.2) is 8.78 Å². The molecule has 1 atom stereocenters. The number of nitrogens with one attached hydrogen (secondary N) is 2. The van der Waals surface area contributed by atoms with Crippen LogP contribution >= 0.6 is 0 Å². The van der Waals surface area contributed by atoms with Gasteiger partial charge in [-0.15, -0.1) is 0 Å². The summed E-state index contributed by atoms with van der Waals surface area (Å²) >= 11 is 0. The van der Waals surface area contributed by atoms with E-state index in [4.69, 9.17) is 0 Å². The maximum atomic E-state index is 13.6. The van der Waals surface area contributed by atoms with Crippen LogP contribution in [0.3, 0.4) is 0 Å². The van der Waals surface area contributed by atoms with Gasteiger partial charge in [0.05, 0.1) is 18.2 Å². The normalized spacial score (nSPS) is 12.1. The van der Waals surface area contributed by atoms with Crippen molar-refractivity contribution >= 4 is 22.5 Å². The zero-order valence-electron chi connectivity index (χ0n) is 21.6. The lowest BCUT2D eigenvalue weighted by Crippen LogP contribution is -2.31. The van der Waals surface area contributed by atoms with Crippen LogP contribution < -0.4 is 16.1 Å². The maximum Gasteiger partial charge on any atom is 0.257 e. The molecule has 0 aliphatic carbocycles. The SMILES string of the molecule is Cc1cc2c(cc1NCc1ccc(F)cc1)c(=O)c(C(=O)NCc1ccc(F)cc1)cn2[C@H](CO)C(C)C. The van der Waals surface area contributed by atoms with Gasteiger partial charge in [0, 0.05) is 30.4 Å². The average molecular weight is 520 g/mol. The number of aliphatic hydroxyl groups excluding tert-OH is 1. The van der Waals surface area contributed by atoms with Crippen molar-refractivity contribution in [3.05, 3.63) is 111 Å². The molecule has 0 spiro atoms. The van der Waals surface area contributed by atoms with Gasteiger partial charge in [0.25, 0.3) is 5.91 Å². The molecule has 0 saturated carbocycles. The lowest BCUT2D eigenvalue weighted by Gasteiger charge is -2.25. The Labute approximate surface area is 219 Å². The van der Waals surface area contributed by atoms with Crippen LogP contribution in [0.4, 0.5) is 14.5 Å². The van der Waals surface area contributed by atoms with Crippen molar-refractivity contribution in [1.29, 1.82) is 0 Å². The van der Waals surface area contributed by atoms with Gasteiger partial charge in [0.15, 0.2) is 0 Å². The third-order valence-corrected chi connectivity index (χ3v) is 6.70. The number of rotatable bonds is 9. The minimum Gasteiger partial charge on any atom is -0.394 e. The first-order valence-electron chi connectivity index (χ1n) is 12.5. The number of hydrogen-bond acceptors (Lipinski definition) is 4. The summed E-state index contributed by atoms with van der Waals surface area (Å²) < 4.78 is 28.3. The topological polar surface area (TPSA) is 83.4 Å². The van der Waals surface area contributed by atoms with E-state index in [-0.39, 0.29) is 42.3 Å². The standard InChI is InChI=1S/C30H31F2N3O3/c1-18(2)28(17-36)35-16-25(30(38)34-15-21-6-10-23(32)11-7-21)29(37)24-13-26(19(3)12-27(24)35)33-14-20-4-8-22(31)9-5-20/h4-13,16,18,28,33,36H,14-15,17H2,1-3H3,(H,34,38)/t28-/m1/s1. The summed E-state index contributed by atoms with van der Waals surface area (Å²) in [4.78, 5) is 26.7. The number of fused-ring (bicyclic) bond motifs is 1. The Morgan fingerprint density at radius 3 is 2.08 bits per heavy atom. The molecule has 0 saturated heterocycles. The van der Waals surface area contributed by atoms with Crippen molar-refractivity contribution in [2.75, 3.05) is 11.9 Å². The second-order valence-electron chi connectivity index (χ2n) is 9.75. The first-order valence-corrected chi connectivity index (χ1v) is 12.5. The molecule has 4 rings (SSSR count). The van der Waals surface area contributed by atoms with Crippen molar-refractivity contribution in [1.82, 2.24) is 9.88 Å². The van der Waals surface area contributed by atoms with Crippen LogP contribution in [0, 0.1) is 24.5 Å². The summed E-state index contributed by atoms with van der Waals surface area (Å²) in [6, 6.07) is 15.1. The van der Waals surface area contributed by atoms with Crippen LogP contribution in [0.2, 0.25) is 0 Å². The minimum absolute atomic E-state index is 0.0254. The number of hydrogen-bond donors (Lipinski definition) is 3. The third kappa shape index (κ3) is 5.92. The van der Waals surface area contributed by atoms with E-state index in [0.29, 0.717) is 28.7 Å². The van der Waals surface area contributed by atoms with E-state index in [2.05, 4.69) is 10.6 Å². The van der Waals surface area contributed by atoms with E-state index >= 15 is 0 Å². The molecule has 0 aliphatic heterocycles. The molecule has 6 nitrogen and oxygen atoms in total. The molecule has 1 aromatic heterocycles. The van der Waals surface area contributed by atoms with Gasteiger partial charge in [-0.2, -0.15) is 0 Å². The molecule has 3 N–H and O–H groups in total. The third-order valence-electron chi connectivity index (χ3n) is 6.70. The number of amides is 1. The van der Waals surface area contributed by atoms with Crippen molar-refractivity contribution < 1.29 is 18.7 Å². The second kappa shape index (κ2) is 11.6. The highest BCUT2D eigenvalue weighted by Crippen LogP contribution is 2.27.